The van der Waals surface area contributed by atoms with Crippen LogP contribution in [0.3, 0.4) is 0 Å². The zero-order valence-corrected chi connectivity index (χ0v) is 20.2. The molecule has 9 nitrogen and oxygen atoms in total. The van der Waals surface area contributed by atoms with Gasteiger partial charge in [0, 0.05) is 25.3 Å². The van der Waals surface area contributed by atoms with Crippen molar-refractivity contribution in [3.8, 4) is 0 Å². The van der Waals surface area contributed by atoms with Gasteiger partial charge in [0.2, 0.25) is 5.95 Å². The first-order chi connectivity index (χ1) is 16.4. The van der Waals surface area contributed by atoms with Crippen LogP contribution in [0.2, 0.25) is 0 Å². The molecular weight excluding hydrogens is 457 g/mol. The summed E-state index contributed by atoms with van der Waals surface area (Å²) in [6.45, 7) is 6.74. The molecule has 0 aromatic carbocycles. The van der Waals surface area contributed by atoms with Crippen molar-refractivity contribution in [2.45, 2.75) is 51.7 Å². The summed E-state index contributed by atoms with van der Waals surface area (Å²) in [5.41, 5.74) is 1.62. The fraction of sp³-hybridized carbons (Fsp3) is 0.435. The van der Waals surface area contributed by atoms with Gasteiger partial charge in [-0.25, -0.2) is 19.2 Å². The monoisotopic (exact) mass is 485 g/mol. The average molecular weight is 486 g/mol. The Bertz CT molecular complexity index is 1180. The number of carbonyl (C=O) groups is 2. The Morgan fingerprint density at radius 3 is 2.71 bits per heavy atom. The largest absolute Gasteiger partial charge is 0.348 e. The highest BCUT2D eigenvalue weighted by molar-refractivity contribution is 7.17. The molecule has 0 bridgehead atoms. The molecule has 3 aromatic rings. The number of carbonyl (C=O) groups excluding carboxylic acids is 2. The predicted molar refractivity (Wildman–Crippen MR) is 129 cm³/mol. The number of nitrogens with one attached hydrogen (secondary N) is 3. The van der Waals surface area contributed by atoms with E-state index in [0.29, 0.717) is 34.6 Å². The first kappa shape index (κ1) is 23.8. The first-order valence-corrected chi connectivity index (χ1v) is 12.2. The van der Waals surface area contributed by atoms with Gasteiger partial charge in [0.15, 0.2) is 5.69 Å². The fourth-order valence-corrected chi connectivity index (χ4v) is 4.62. The van der Waals surface area contributed by atoms with Crippen LogP contribution in [0.4, 0.5) is 15.1 Å². The molecule has 1 aliphatic heterocycles. The number of hydrogen-bond donors (Lipinski definition) is 3. The minimum absolute atomic E-state index is 0.0999. The van der Waals surface area contributed by atoms with E-state index in [1.54, 1.807) is 11.1 Å². The summed E-state index contributed by atoms with van der Waals surface area (Å²) in [5.74, 6) is -0.354. The SMILES string of the molecule is CCC(CC)NC(=O)NC1CN(C(=O)c2nc(N[C@@H](C)c3cncc(F)c3)nc3ccsc23)C1. The molecule has 34 heavy (non-hydrogen) atoms. The number of amides is 3. The number of thiophene rings is 1. The minimum Gasteiger partial charge on any atom is -0.348 e. The van der Waals surface area contributed by atoms with E-state index in [9.17, 15) is 14.0 Å². The van der Waals surface area contributed by atoms with E-state index in [2.05, 4.69) is 30.9 Å². The lowest BCUT2D eigenvalue weighted by atomic mass is 10.1. The van der Waals surface area contributed by atoms with E-state index in [1.165, 1.54) is 17.4 Å². The average Bonchev–Trinajstić information content (AvgIpc) is 3.27. The molecule has 1 aliphatic rings. The van der Waals surface area contributed by atoms with Gasteiger partial charge >= 0.3 is 6.03 Å². The van der Waals surface area contributed by atoms with Crippen molar-refractivity contribution in [3.05, 3.63) is 47.0 Å². The second kappa shape index (κ2) is 10.3. The number of fused-ring (bicyclic) bond motifs is 1. The van der Waals surface area contributed by atoms with Crippen LogP contribution in [0.15, 0.2) is 29.9 Å². The normalized spacial score (nSPS) is 14.7. The highest BCUT2D eigenvalue weighted by atomic mass is 32.1. The van der Waals surface area contributed by atoms with Crippen LogP contribution < -0.4 is 16.0 Å². The predicted octanol–water partition coefficient (Wildman–Crippen LogP) is 3.71. The number of nitrogens with zero attached hydrogens (tertiary/aromatic N) is 4. The number of likely N-dealkylation sites (tertiary alicyclic amines) is 1. The van der Waals surface area contributed by atoms with Crippen molar-refractivity contribution in [2.75, 3.05) is 18.4 Å². The summed E-state index contributed by atoms with van der Waals surface area (Å²) in [5, 5.41) is 10.9. The van der Waals surface area contributed by atoms with Crippen molar-refractivity contribution in [3.63, 3.8) is 0 Å². The lowest BCUT2D eigenvalue weighted by Gasteiger charge is -2.39. The third kappa shape index (κ3) is 5.24. The standard InChI is InChI=1S/C23H28FN7O2S/c1-4-16(5-2)27-23(33)28-17-11-31(12-17)21(32)19-20-18(6-7-34-20)29-22(30-19)26-13(3)14-8-15(24)10-25-9-14/h6-10,13,16-17H,4-5,11-12H2,1-3H3,(H,26,29,30)(H2,27,28,33)/t13-/m0/s1. The van der Waals surface area contributed by atoms with Gasteiger partial charge in [-0.15, -0.1) is 11.3 Å². The van der Waals surface area contributed by atoms with Gasteiger partial charge in [-0.3, -0.25) is 9.78 Å². The van der Waals surface area contributed by atoms with Gasteiger partial charge in [0.1, 0.15) is 5.82 Å². The molecular formula is C23H28FN7O2S. The Balaban J connectivity index is 1.43. The fourth-order valence-electron chi connectivity index (χ4n) is 3.81. The molecule has 0 radical (unpaired) electrons. The molecule has 3 aromatic heterocycles. The molecule has 0 unspecified atom stereocenters. The number of pyridine rings is 1. The Morgan fingerprint density at radius 2 is 2.00 bits per heavy atom. The Labute approximate surface area is 201 Å². The van der Waals surface area contributed by atoms with Crippen LogP contribution >= 0.6 is 11.3 Å². The lowest BCUT2D eigenvalue weighted by molar-refractivity contribution is 0.0573. The molecule has 0 spiro atoms. The highest BCUT2D eigenvalue weighted by Crippen LogP contribution is 2.27. The number of rotatable bonds is 8. The van der Waals surface area contributed by atoms with Crippen LogP contribution in [0.5, 0.6) is 0 Å². The number of aromatic nitrogens is 3. The molecule has 4 heterocycles. The number of halogens is 1. The first-order valence-electron chi connectivity index (χ1n) is 11.4. The second-order valence-electron chi connectivity index (χ2n) is 8.37. The summed E-state index contributed by atoms with van der Waals surface area (Å²) in [4.78, 5) is 39.9. The molecule has 4 rings (SSSR count). The van der Waals surface area contributed by atoms with E-state index < -0.39 is 5.82 Å². The van der Waals surface area contributed by atoms with Crippen molar-refractivity contribution >= 4 is 39.4 Å². The van der Waals surface area contributed by atoms with E-state index in [0.717, 1.165) is 19.0 Å². The summed E-state index contributed by atoms with van der Waals surface area (Å²) in [7, 11) is 0. The molecule has 0 aliphatic carbocycles. The topological polar surface area (TPSA) is 112 Å². The van der Waals surface area contributed by atoms with Crippen LogP contribution in [-0.4, -0.2) is 57.0 Å². The van der Waals surface area contributed by atoms with Crippen LogP contribution in [-0.2, 0) is 0 Å². The maximum absolute atomic E-state index is 13.5. The van der Waals surface area contributed by atoms with Gasteiger partial charge in [-0.2, -0.15) is 0 Å². The molecule has 0 saturated carbocycles. The number of hydrogen-bond acceptors (Lipinski definition) is 7. The van der Waals surface area contributed by atoms with Crippen molar-refractivity contribution in [1.29, 1.82) is 0 Å². The second-order valence-corrected chi connectivity index (χ2v) is 9.29. The number of urea groups is 1. The third-order valence-electron chi connectivity index (χ3n) is 5.90. The quantitative estimate of drug-likeness (QED) is 0.448. The van der Waals surface area contributed by atoms with E-state index in [-0.39, 0.29) is 36.0 Å². The zero-order chi connectivity index (χ0) is 24.2. The Kier molecular flexibility index (Phi) is 7.20. The van der Waals surface area contributed by atoms with E-state index >= 15 is 0 Å². The lowest BCUT2D eigenvalue weighted by Crippen LogP contribution is -2.62. The minimum atomic E-state index is -0.425. The molecule has 1 saturated heterocycles. The van der Waals surface area contributed by atoms with E-state index in [1.807, 2.05) is 32.2 Å². The summed E-state index contributed by atoms with van der Waals surface area (Å²) < 4.78 is 14.3. The Morgan fingerprint density at radius 1 is 1.24 bits per heavy atom. The summed E-state index contributed by atoms with van der Waals surface area (Å²) >= 11 is 1.40. The van der Waals surface area contributed by atoms with Crippen molar-refractivity contribution in [1.82, 2.24) is 30.5 Å². The molecule has 1 fully saturated rings. The van der Waals surface area contributed by atoms with Gasteiger partial charge in [-0.1, -0.05) is 13.8 Å². The van der Waals surface area contributed by atoms with Gasteiger partial charge in [-0.05, 0) is 42.8 Å². The third-order valence-corrected chi connectivity index (χ3v) is 6.81. The Hall–Kier alpha value is -3.34. The highest BCUT2D eigenvalue weighted by Gasteiger charge is 2.34. The summed E-state index contributed by atoms with van der Waals surface area (Å²) in [6.07, 6.45) is 4.46. The molecule has 180 valence electrons. The van der Waals surface area contributed by atoms with E-state index in [4.69, 9.17) is 0 Å². The maximum atomic E-state index is 13.5. The molecule has 3 N–H and O–H groups in total. The molecule has 3 amide bonds. The smallest absolute Gasteiger partial charge is 0.315 e. The summed E-state index contributed by atoms with van der Waals surface area (Å²) in [6, 6.07) is 2.75. The van der Waals surface area contributed by atoms with Gasteiger partial charge in [0.25, 0.3) is 5.91 Å². The van der Waals surface area contributed by atoms with Crippen molar-refractivity contribution in [2.24, 2.45) is 0 Å². The number of anilines is 1. The van der Waals surface area contributed by atoms with Crippen LogP contribution in [0.25, 0.3) is 10.2 Å². The zero-order valence-electron chi connectivity index (χ0n) is 19.3. The van der Waals surface area contributed by atoms with Crippen LogP contribution in [0, 0.1) is 5.82 Å². The van der Waals surface area contributed by atoms with Crippen molar-refractivity contribution < 1.29 is 14.0 Å². The molecule has 1 atom stereocenters. The van der Waals surface area contributed by atoms with Gasteiger partial charge in [0.05, 0.1) is 28.5 Å². The van der Waals surface area contributed by atoms with Gasteiger partial charge < -0.3 is 20.9 Å². The molecule has 11 heteroatoms. The maximum Gasteiger partial charge on any atom is 0.315 e. The van der Waals surface area contributed by atoms with Crippen LogP contribution in [0.1, 0.15) is 55.7 Å².